The van der Waals surface area contributed by atoms with Crippen LogP contribution in [0.4, 0.5) is 0 Å². The van der Waals surface area contributed by atoms with E-state index >= 15 is 0 Å². The van der Waals surface area contributed by atoms with Crippen LogP contribution in [0, 0.1) is 5.92 Å². The highest BCUT2D eigenvalue weighted by Crippen LogP contribution is 2.46. The lowest BCUT2D eigenvalue weighted by Gasteiger charge is -2.21. The first kappa shape index (κ1) is 21.1. The number of methoxy groups -OCH3 is 4. The van der Waals surface area contributed by atoms with Gasteiger partial charge >= 0.3 is 0 Å². The van der Waals surface area contributed by atoms with E-state index in [-0.39, 0.29) is 11.7 Å². The Balaban J connectivity index is 2.05. The van der Waals surface area contributed by atoms with Crippen molar-refractivity contribution in [1.82, 2.24) is 0 Å². The van der Waals surface area contributed by atoms with Gasteiger partial charge in [0.05, 0.1) is 34.0 Å². The molecule has 6 heteroatoms. The quantitative estimate of drug-likeness (QED) is 0.605. The average Bonchev–Trinajstić information content (AvgIpc) is 3.12. The average molecular weight is 400 g/mol. The molecule has 6 nitrogen and oxygen atoms in total. The van der Waals surface area contributed by atoms with Crippen LogP contribution >= 0.6 is 0 Å². The Bertz CT molecular complexity index is 855. The molecule has 0 saturated heterocycles. The molecule has 0 aromatic heterocycles. The lowest BCUT2D eigenvalue weighted by atomic mass is 9.95. The Hall–Kier alpha value is -2.57. The van der Waals surface area contributed by atoms with E-state index in [2.05, 4.69) is 0 Å². The Morgan fingerprint density at radius 1 is 0.793 bits per heavy atom. The van der Waals surface area contributed by atoms with Crippen molar-refractivity contribution < 1.29 is 28.5 Å². The van der Waals surface area contributed by atoms with Crippen molar-refractivity contribution in [2.75, 3.05) is 48.3 Å². The fraction of sp³-hybridized carbons (Fsp3) is 0.435. The van der Waals surface area contributed by atoms with E-state index in [9.17, 15) is 4.79 Å². The zero-order valence-electron chi connectivity index (χ0n) is 17.4. The van der Waals surface area contributed by atoms with E-state index in [0.717, 1.165) is 28.7 Å². The number of carbonyl (C=O) groups is 1. The standard InChI is InChI=1S/C23H28O6/c1-25-12-15(13-26-2)14-29-22-19(9-11-21(27-3)23(22)28-4)16-6-5-7-18-17(16)8-10-20(18)24/h5-7,9,11,15H,8,10,12-14H2,1-4H3. The molecule has 0 spiro atoms. The molecule has 0 amide bonds. The highest BCUT2D eigenvalue weighted by molar-refractivity contribution is 6.02. The molecule has 0 fully saturated rings. The van der Waals surface area contributed by atoms with Gasteiger partial charge in [0, 0.05) is 37.7 Å². The number of ketones is 1. The Morgan fingerprint density at radius 3 is 2.17 bits per heavy atom. The number of carbonyl (C=O) groups excluding carboxylic acids is 1. The van der Waals surface area contributed by atoms with Crippen LogP contribution < -0.4 is 14.2 Å². The number of Topliss-reactive ketones (excluding diaryl/α,β-unsaturated/α-hetero) is 1. The van der Waals surface area contributed by atoms with Crippen LogP contribution in [0.2, 0.25) is 0 Å². The lowest BCUT2D eigenvalue weighted by Crippen LogP contribution is -2.22. The summed E-state index contributed by atoms with van der Waals surface area (Å²) in [5.74, 6) is 1.96. The van der Waals surface area contributed by atoms with Gasteiger partial charge in [-0.2, -0.15) is 0 Å². The fourth-order valence-electron chi connectivity index (χ4n) is 3.81. The van der Waals surface area contributed by atoms with Gasteiger partial charge < -0.3 is 23.7 Å². The highest BCUT2D eigenvalue weighted by Gasteiger charge is 2.26. The number of hydrogen-bond donors (Lipinski definition) is 0. The van der Waals surface area contributed by atoms with Crippen molar-refractivity contribution in [1.29, 1.82) is 0 Å². The Morgan fingerprint density at radius 2 is 1.52 bits per heavy atom. The second-order valence-electron chi connectivity index (χ2n) is 7.02. The smallest absolute Gasteiger partial charge is 0.203 e. The molecule has 1 aliphatic rings. The molecule has 0 aliphatic heterocycles. The minimum atomic E-state index is 0.0665. The van der Waals surface area contributed by atoms with Gasteiger partial charge in [0.15, 0.2) is 17.3 Å². The van der Waals surface area contributed by atoms with E-state index in [1.54, 1.807) is 28.4 Å². The second kappa shape index (κ2) is 9.76. The van der Waals surface area contributed by atoms with Crippen LogP contribution in [0.5, 0.6) is 17.2 Å². The molecule has 2 aromatic rings. The SMILES string of the molecule is COCC(COC)COc1c(-c2cccc3c2CCC3=O)ccc(OC)c1OC. The van der Waals surface area contributed by atoms with E-state index < -0.39 is 0 Å². The van der Waals surface area contributed by atoms with Crippen LogP contribution in [0.3, 0.4) is 0 Å². The summed E-state index contributed by atoms with van der Waals surface area (Å²) in [7, 11) is 6.50. The van der Waals surface area contributed by atoms with Gasteiger partial charge in [-0.05, 0) is 29.7 Å². The predicted molar refractivity (Wildman–Crippen MR) is 110 cm³/mol. The van der Waals surface area contributed by atoms with Crippen molar-refractivity contribution in [3.8, 4) is 28.4 Å². The molecule has 29 heavy (non-hydrogen) atoms. The molecular formula is C23H28O6. The van der Waals surface area contributed by atoms with Crippen molar-refractivity contribution in [3.05, 3.63) is 41.5 Å². The molecule has 2 aromatic carbocycles. The van der Waals surface area contributed by atoms with Gasteiger partial charge in [-0.15, -0.1) is 0 Å². The third-order valence-corrected chi connectivity index (χ3v) is 5.14. The van der Waals surface area contributed by atoms with Crippen LogP contribution in [-0.4, -0.2) is 54.0 Å². The fourth-order valence-corrected chi connectivity index (χ4v) is 3.81. The number of hydrogen-bond acceptors (Lipinski definition) is 6. The van der Waals surface area contributed by atoms with Gasteiger partial charge in [0.2, 0.25) is 5.75 Å². The molecule has 1 aliphatic carbocycles. The van der Waals surface area contributed by atoms with Gasteiger partial charge in [-0.3, -0.25) is 4.79 Å². The zero-order chi connectivity index (χ0) is 20.8. The normalized spacial score (nSPS) is 12.9. The molecule has 0 atom stereocenters. The van der Waals surface area contributed by atoms with Crippen LogP contribution in [0.25, 0.3) is 11.1 Å². The summed E-state index contributed by atoms with van der Waals surface area (Å²) in [6.07, 6.45) is 1.27. The molecule has 0 heterocycles. The summed E-state index contributed by atoms with van der Waals surface area (Å²) in [6, 6.07) is 9.64. The summed E-state index contributed by atoms with van der Waals surface area (Å²) < 4.78 is 27.9. The number of fused-ring (bicyclic) bond motifs is 1. The highest BCUT2D eigenvalue weighted by atomic mass is 16.5. The summed E-state index contributed by atoms with van der Waals surface area (Å²) in [5.41, 5.74) is 3.71. The Kier molecular flexibility index (Phi) is 7.12. The van der Waals surface area contributed by atoms with Crippen molar-refractivity contribution >= 4 is 5.78 Å². The Labute approximate surface area is 171 Å². The van der Waals surface area contributed by atoms with Crippen molar-refractivity contribution in [2.24, 2.45) is 5.92 Å². The minimum absolute atomic E-state index is 0.0665. The monoisotopic (exact) mass is 400 g/mol. The maximum Gasteiger partial charge on any atom is 0.203 e. The van der Waals surface area contributed by atoms with E-state index in [1.165, 1.54) is 0 Å². The number of rotatable bonds is 10. The molecule has 0 unspecified atom stereocenters. The van der Waals surface area contributed by atoms with E-state index in [4.69, 9.17) is 23.7 Å². The van der Waals surface area contributed by atoms with Gasteiger partial charge in [-0.1, -0.05) is 18.2 Å². The maximum absolute atomic E-state index is 12.2. The summed E-state index contributed by atoms with van der Waals surface area (Å²) in [4.78, 5) is 12.2. The molecule has 0 radical (unpaired) electrons. The third-order valence-electron chi connectivity index (χ3n) is 5.14. The second-order valence-corrected chi connectivity index (χ2v) is 7.02. The van der Waals surface area contributed by atoms with E-state index in [0.29, 0.717) is 43.5 Å². The van der Waals surface area contributed by atoms with Crippen molar-refractivity contribution in [3.63, 3.8) is 0 Å². The van der Waals surface area contributed by atoms with Gasteiger partial charge in [0.25, 0.3) is 0 Å². The largest absolute Gasteiger partial charge is 0.493 e. The van der Waals surface area contributed by atoms with Crippen molar-refractivity contribution in [2.45, 2.75) is 12.8 Å². The molecule has 156 valence electrons. The molecule has 0 bridgehead atoms. The summed E-state index contributed by atoms with van der Waals surface area (Å²) in [6.45, 7) is 1.43. The predicted octanol–water partition coefficient (Wildman–Crippen LogP) is 3.79. The first-order chi connectivity index (χ1) is 14.1. The van der Waals surface area contributed by atoms with Crippen LogP contribution in [0.1, 0.15) is 22.3 Å². The molecule has 0 saturated carbocycles. The minimum Gasteiger partial charge on any atom is -0.493 e. The first-order valence-corrected chi connectivity index (χ1v) is 9.65. The van der Waals surface area contributed by atoms with Crippen LogP contribution in [0.15, 0.2) is 30.3 Å². The van der Waals surface area contributed by atoms with Gasteiger partial charge in [0.1, 0.15) is 0 Å². The summed E-state index contributed by atoms with van der Waals surface area (Å²) in [5, 5.41) is 0. The summed E-state index contributed by atoms with van der Waals surface area (Å²) >= 11 is 0. The molecule has 0 N–H and O–H groups in total. The molecular weight excluding hydrogens is 372 g/mol. The lowest BCUT2D eigenvalue weighted by molar-refractivity contribution is 0.0573. The zero-order valence-corrected chi connectivity index (χ0v) is 17.4. The van der Waals surface area contributed by atoms with Crippen LogP contribution in [-0.2, 0) is 15.9 Å². The number of benzene rings is 2. The first-order valence-electron chi connectivity index (χ1n) is 9.65. The number of ether oxygens (including phenoxy) is 5. The topological polar surface area (TPSA) is 63.2 Å². The third kappa shape index (κ3) is 4.38. The maximum atomic E-state index is 12.2. The molecule has 3 rings (SSSR count). The van der Waals surface area contributed by atoms with E-state index in [1.807, 2.05) is 30.3 Å². The van der Waals surface area contributed by atoms with Gasteiger partial charge in [-0.25, -0.2) is 0 Å².